The van der Waals surface area contributed by atoms with Gasteiger partial charge in [-0.3, -0.25) is 4.99 Å². The number of nitrogens with one attached hydrogen (secondary N) is 1. The fourth-order valence-electron chi connectivity index (χ4n) is 4.00. The Balaban J connectivity index is 1.25. The number of para-hydroxylation sites is 1. The third-order valence-corrected chi connectivity index (χ3v) is 5.52. The normalized spacial score (nSPS) is 16.9. The minimum Gasteiger partial charge on any atom is -0.356 e. The highest BCUT2D eigenvalue weighted by Crippen LogP contribution is 2.20. The van der Waals surface area contributed by atoms with Gasteiger partial charge in [0, 0.05) is 32.9 Å². The number of benzene rings is 2. The van der Waals surface area contributed by atoms with Crippen molar-refractivity contribution in [3.63, 3.8) is 0 Å². The van der Waals surface area contributed by atoms with Crippen LogP contribution in [0.3, 0.4) is 0 Å². The summed E-state index contributed by atoms with van der Waals surface area (Å²) in [5.74, 6) is 1.70. The Hall–Kier alpha value is -3.08. The molecule has 1 aliphatic heterocycles. The van der Waals surface area contributed by atoms with E-state index in [4.69, 9.17) is 0 Å². The topological polar surface area (TPSA) is 45.5 Å². The van der Waals surface area contributed by atoms with E-state index in [9.17, 15) is 0 Å². The van der Waals surface area contributed by atoms with Gasteiger partial charge < -0.3 is 10.2 Å². The number of guanidine groups is 1. The molecule has 1 atom stereocenters. The summed E-state index contributed by atoms with van der Waals surface area (Å²) in [4.78, 5) is 6.90. The maximum absolute atomic E-state index is 4.51. The Labute approximate surface area is 173 Å². The van der Waals surface area contributed by atoms with Gasteiger partial charge in [0.1, 0.15) is 0 Å². The van der Waals surface area contributed by atoms with Crippen LogP contribution in [0, 0.1) is 5.92 Å². The van der Waals surface area contributed by atoms with Crippen LogP contribution in [0.2, 0.25) is 0 Å². The van der Waals surface area contributed by atoms with Crippen LogP contribution in [0.15, 0.2) is 78.0 Å². The quantitative estimate of drug-likeness (QED) is 0.520. The van der Waals surface area contributed by atoms with Crippen LogP contribution in [0.4, 0.5) is 0 Å². The second-order valence-electron chi connectivity index (χ2n) is 7.64. The van der Waals surface area contributed by atoms with Crippen LogP contribution in [0.1, 0.15) is 17.5 Å². The van der Waals surface area contributed by atoms with Crippen LogP contribution < -0.4 is 5.32 Å². The number of hydrogen-bond donors (Lipinski definition) is 1. The number of hydrogen-bond acceptors (Lipinski definition) is 2. The van der Waals surface area contributed by atoms with Gasteiger partial charge in [-0.2, -0.15) is 5.10 Å². The zero-order chi connectivity index (χ0) is 19.9. The van der Waals surface area contributed by atoms with Gasteiger partial charge in [-0.15, -0.1) is 0 Å². The van der Waals surface area contributed by atoms with Gasteiger partial charge in [0.2, 0.25) is 0 Å². The number of rotatable bonds is 6. The SMILES string of the molecule is CN=C(NCCc1cnn(-c2ccccc2)c1)N1CCC(Cc2ccccc2)C1. The molecule has 0 radical (unpaired) electrons. The lowest BCUT2D eigenvalue weighted by Crippen LogP contribution is -2.40. The minimum atomic E-state index is 0.694. The van der Waals surface area contributed by atoms with Crippen molar-refractivity contribution in [2.24, 2.45) is 10.9 Å². The first-order chi connectivity index (χ1) is 14.3. The molecule has 1 aromatic heterocycles. The summed E-state index contributed by atoms with van der Waals surface area (Å²) in [5.41, 5.74) is 3.74. The van der Waals surface area contributed by atoms with E-state index in [2.05, 4.69) is 69.0 Å². The maximum atomic E-state index is 4.51. The van der Waals surface area contributed by atoms with Gasteiger partial charge in [0.25, 0.3) is 0 Å². The smallest absolute Gasteiger partial charge is 0.193 e. The summed E-state index contributed by atoms with van der Waals surface area (Å²) in [6, 6.07) is 21.0. The van der Waals surface area contributed by atoms with Crippen LogP contribution in [0.25, 0.3) is 5.69 Å². The molecule has 29 heavy (non-hydrogen) atoms. The molecule has 1 N–H and O–H groups in total. The number of likely N-dealkylation sites (tertiary alicyclic amines) is 1. The molecule has 150 valence electrons. The molecule has 0 spiro atoms. The summed E-state index contributed by atoms with van der Waals surface area (Å²) in [7, 11) is 1.88. The molecule has 0 aliphatic carbocycles. The molecule has 5 nitrogen and oxygen atoms in total. The Morgan fingerprint density at radius 2 is 1.83 bits per heavy atom. The standard InChI is InChI=1S/C24H29N5/c1-25-24(28-15-13-21(18-28)16-20-8-4-2-5-9-20)26-14-12-22-17-27-29(19-22)23-10-6-3-7-11-23/h2-11,17,19,21H,12-16,18H2,1H3,(H,25,26). The van der Waals surface area contributed by atoms with E-state index in [0.29, 0.717) is 5.92 Å². The van der Waals surface area contributed by atoms with E-state index in [0.717, 1.165) is 44.1 Å². The Morgan fingerprint density at radius 3 is 2.59 bits per heavy atom. The van der Waals surface area contributed by atoms with Gasteiger partial charge in [-0.25, -0.2) is 4.68 Å². The molecule has 1 unspecified atom stereocenters. The highest BCUT2D eigenvalue weighted by atomic mass is 15.3. The van der Waals surface area contributed by atoms with E-state index in [1.54, 1.807) is 0 Å². The molecule has 0 saturated carbocycles. The molecule has 1 saturated heterocycles. The molecular formula is C24H29N5. The molecule has 1 aliphatic rings. The Morgan fingerprint density at radius 1 is 1.07 bits per heavy atom. The minimum absolute atomic E-state index is 0.694. The average Bonchev–Trinajstić information content (AvgIpc) is 3.43. The van der Waals surface area contributed by atoms with E-state index < -0.39 is 0 Å². The summed E-state index contributed by atoms with van der Waals surface area (Å²) in [6.07, 6.45) is 7.34. The van der Waals surface area contributed by atoms with Gasteiger partial charge in [-0.05, 0) is 48.4 Å². The molecule has 5 heteroatoms. The molecule has 2 heterocycles. The zero-order valence-electron chi connectivity index (χ0n) is 17.0. The van der Waals surface area contributed by atoms with Crippen LogP contribution in [0.5, 0.6) is 0 Å². The lowest BCUT2D eigenvalue weighted by Gasteiger charge is -2.21. The zero-order valence-corrected chi connectivity index (χ0v) is 17.0. The van der Waals surface area contributed by atoms with E-state index in [1.807, 2.05) is 36.1 Å². The maximum Gasteiger partial charge on any atom is 0.193 e. The molecule has 0 bridgehead atoms. The predicted octanol–water partition coefficient (Wildman–Crippen LogP) is 3.55. The summed E-state index contributed by atoms with van der Waals surface area (Å²) < 4.78 is 1.93. The fraction of sp³-hybridized carbons (Fsp3) is 0.333. The third kappa shape index (κ3) is 5.05. The predicted molar refractivity (Wildman–Crippen MR) is 118 cm³/mol. The van der Waals surface area contributed by atoms with Crippen LogP contribution in [-0.4, -0.2) is 47.3 Å². The lowest BCUT2D eigenvalue weighted by atomic mass is 9.99. The first kappa shape index (κ1) is 19.2. The highest BCUT2D eigenvalue weighted by molar-refractivity contribution is 5.80. The van der Waals surface area contributed by atoms with Crippen LogP contribution in [-0.2, 0) is 12.8 Å². The van der Waals surface area contributed by atoms with E-state index in [-0.39, 0.29) is 0 Å². The van der Waals surface area contributed by atoms with E-state index >= 15 is 0 Å². The highest BCUT2D eigenvalue weighted by Gasteiger charge is 2.24. The first-order valence-electron chi connectivity index (χ1n) is 10.4. The summed E-state index contributed by atoms with van der Waals surface area (Å²) >= 11 is 0. The number of aliphatic imine (C=N–C) groups is 1. The van der Waals surface area contributed by atoms with Gasteiger partial charge in [0.15, 0.2) is 5.96 Å². The molecule has 1 fully saturated rings. The fourth-order valence-corrected chi connectivity index (χ4v) is 4.00. The van der Waals surface area contributed by atoms with Crippen molar-refractivity contribution < 1.29 is 0 Å². The lowest BCUT2D eigenvalue weighted by molar-refractivity contribution is 0.460. The Kier molecular flexibility index (Phi) is 6.25. The van der Waals surface area contributed by atoms with Crippen molar-refractivity contribution in [3.05, 3.63) is 84.2 Å². The van der Waals surface area contributed by atoms with E-state index in [1.165, 1.54) is 17.5 Å². The molecule has 0 amide bonds. The second kappa shape index (κ2) is 9.41. The molecule has 4 rings (SSSR count). The monoisotopic (exact) mass is 387 g/mol. The largest absolute Gasteiger partial charge is 0.356 e. The second-order valence-corrected chi connectivity index (χ2v) is 7.64. The van der Waals surface area contributed by atoms with Crippen molar-refractivity contribution in [2.75, 3.05) is 26.7 Å². The Bertz CT molecular complexity index is 917. The van der Waals surface area contributed by atoms with Crippen molar-refractivity contribution >= 4 is 5.96 Å². The van der Waals surface area contributed by atoms with Crippen LogP contribution >= 0.6 is 0 Å². The van der Waals surface area contributed by atoms with Crippen molar-refractivity contribution in [2.45, 2.75) is 19.3 Å². The number of nitrogens with zero attached hydrogens (tertiary/aromatic N) is 4. The molecule has 3 aromatic rings. The van der Waals surface area contributed by atoms with Gasteiger partial charge in [-0.1, -0.05) is 48.5 Å². The molecule has 2 aromatic carbocycles. The molecular weight excluding hydrogens is 358 g/mol. The van der Waals surface area contributed by atoms with Crippen molar-refractivity contribution in [3.8, 4) is 5.69 Å². The third-order valence-electron chi connectivity index (χ3n) is 5.52. The first-order valence-corrected chi connectivity index (χ1v) is 10.4. The van der Waals surface area contributed by atoms with Gasteiger partial charge in [0.05, 0.1) is 11.9 Å². The van der Waals surface area contributed by atoms with Crippen molar-refractivity contribution in [1.82, 2.24) is 20.0 Å². The summed E-state index contributed by atoms with van der Waals surface area (Å²) in [6.45, 7) is 3.00. The van der Waals surface area contributed by atoms with Crippen molar-refractivity contribution in [1.29, 1.82) is 0 Å². The number of aromatic nitrogens is 2. The van der Waals surface area contributed by atoms with Gasteiger partial charge >= 0.3 is 0 Å². The summed E-state index contributed by atoms with van der Waals surface area (Å²) in [5, 5.41) is 8.01. The average molecular weight is 388 g/mol.